The summed E-state index contributed by atoms with van der Waals surface area (Å²) >= 11 is 1.52. The quantitative estimate of drug-likeness (QED) is 0.719. The highest BCUT2D eigenvalue weighted by atomic mass is 32.2. The highest BCUT2D eigenvalue weighted by Crippen LogP contribution is 2.24. The van der Waals surface area contributed by atoms with Crippen molar-refractivity contribution in [3.8, 4) is 10.8 Å². The molecule has 0 unspecified atom stereocenters. The molecular weight excluding hydrogens is 320 g/mol. The van der Waals surface area contributed by atoms with Gasteiger partial charge in [-0.05, 0) is 23.6 Å². The van der Waals surface area contributed by atoms with Gasteiger partial charge in [0.05, 0.1) is 22.0 Å². The summed E-state index contributed by atoms with van der Waals surface area (Å²) in [4.78, 5) is 5.52. The van der Waals surface area contributed by atoms with E-state index in [0.717, 1.165) is 4.88 Å². The summed E-state index contributed by atoms with van der Waals surface area (Å²) in [5.74, 6) is 0.510. The van der Waals surface area contributed by atoms with Crippen LogP contribution in [0, 0.1) is 0 Å². The number of hydrogen-bond acceptors (Lipinski definition) is 5. The Morgan fingerprint density at radius 1 is 1.18 bits per heavy atom. The van der Waals surface area contributed by atoms with Crippen LogP contribution in [0.25, 0.3) is 10.8 Å². The summed E-state index contributed by atoms with van der Waals surface area (Å²) in [6.07, 6.45) is 1.49. The van der Waals surface area contributed by atoms with E-state index in [9.17, 15) is 8.42 Å². The van der Waals surface area contributed by atoms with Crippen molar-refractivity contribution < 1.29 is 12.8 Å². The van der Waals surface area contributed by atoms with Crippen molar-refractivity contribution in [2.45, 2.75) is 11.4 Å². The molecule has 2 heterocycles. The van der Waals surface area contributed by atoms with E-state index in [-0.39, 0.29) is 11.4 Å². The van der Waals surface area contributed by atoms with Crippen LogP contribution >= 0.6 is 11.3 Å². The highest BCUT2D eigenvalue weighted by Gasteiger charge is 2.21. The monoisotopic (exact) mass is 334 g/mol. The van der Waals surface area contributed by atoms with Crippen LogP contribution < -0.4 is 0 Å². The molecule has 3 aromatic rings. The molecule has 0 N–H and O–H groups in total. The molecule has 2 aromatic heterocycles. The number of rotatable bonds is 5. The van der Waals surface area contributed by atoms with Gasteiger partial charge in [0.25, 0.3) is 0 Å². The van der Waals surface area contributed by atoms with Crippen molar-refractivity contribution in [1.29, 1.82) is 0 Å². The third-order valence-corrected chi connectivity index (χ3v) is 5.80. The summed E-state index contributed by atoms with van der Waals surface area (Å²) in [7, 11) is -2.00. The number of hydrogen-bond donors (Lipinski definition) is 0. The average Bonchev–Trinajstić information content (AvgIpc) is 3.18. The molecule has 114 valence electrons. The van der Waals surface area contributed by atoms with Crippen molar-refractivity contribution in [1.82, 2.24) is 9.29 Å². The fourth-order valence-corrected chi connectivity index (χ4v) is 3.80. The molecular formula is C15H14N2O3S2. The number of sulfonamides is 1. The fraction of sp³-hybridized carbons (Fsp3) is 0.133. The van der Waals surface area contributed by atoms with Crippen LogP contribution in [0.5, 0.6) is 0 Å². The van der Waals surface area contributed by atoms with Crippen LogP contribution in [0.2, 0.25) is 0 Å². The predicted octanol–water partition coefficient (Wildman–Crippen LogP) is 3.22. The van der Waals surface area contributed by atoms with Gasteiger partial charge in [-0.2, -0.15) is 4.31 Å². The Morgan fingerprint density at radius 3 is 2.64 bits per heavy atom. The van der Waals surface area contributed by atoms with Crippen molar-refractivity contribution in [2.24, 2.45) is 0 Å². The number of nitrogens with zero attached hydrogens (tertiary/aromatic N) is 2. The van der Waals surface area contributed by atoms with Gasteiger partial charge in [-0.25, -0.2) is 13.4 Å². The van der Waals surface area contributed by atoms with Crippen LogP contribution in [0.1, 0.15) is 5.69 Å². The molecule has 0 saturated carbocycles. The first-order valence-electron chi connectivity index (χ1n) is 6.57. The maximum absolute atomic E-state index is 12.4. The van der Waals surface area contributed by atoms with Gasteiger partial charge in [0.2, 0.25) is 15.9 Å². The molecule has 1 aromatic carbocycles. The lowest BCUT2D eigenvalue weighted by Gasteiger charge is -2.15. The largest absolute Gasteiger partial charge is 0.444 e. The maximum atomic E-state index is 12.4. The van der Waals surface area contributed by atoms with E-state index >= 15 is 0 Å². The van der Waals surface area contributed by atoms with Crippen LogP contribution in [0.15, 0.2) is 63.4 Å². The van der Waals surface area contributed by atoms with E-state index < -0.39 is 10.0 Å². The van der Waals surface area contributed by atoms with Gasteiger partial charge >= 0.3 is 0 Å². The van der Waals surface area contributed by atoms with Gasteiger partial charge in [-0.15, -0.1) is 11.3 Å². The molecule has 0 atom stereocenters. The van der Waals surface area contributed by atoms with E-state index in [1.54, 1.807) is 30.3 Å². The smallest absolute Gasteiger partial charge is 0.243 e. The van der Waals surface area contributed by atoms with Crippen molar-refractivity contribution >= 4 is 21.4 Å². The minimum Gasteiger partial charge on any atom is -0.444 e. The SMILES string of the molecule is CN(Cc1coc(-c2cccs2)n1)S(=O)(=O)c1ccccc1. The van der Waals surface area contributed by atoms with Gasteiger partial charge in [0, 0.05) is 7.05 Å². The van der Waals surface area contributed by atoms with Crippen LogP contribution in [0.4, 0.5) is 0 Å². The van der Waals surface area contributed by atoms with E-state index in [2.05, 4.69) is 4.98 Å². The lowest BCUT2D eigenvalue weighted by molar-refractivity contribution is 0.461. The van der Waals surface area contributed by atoms with Gasteiger partial charge < -0.3 is 4.42 Å². The molecule has 3 rings (SSSR count). The van der Waals surface area contributed by atoms with Crippen molar-refractivity contribution in [3.63, 3.8) is 0 Å². The van der Waals surface area contributed by atoms with Gasteiger partial charge in [0.15, 0.2) is 0 Å². The highest BCUT2D eigenvalue weighted by molar-refractivity contribution is 7.89. The first-order valence-corrected chi connectivity index (χ1v) is 8.89. The topological polar surface area (TPSA) is 63.4 Å². The molecule has 0 amide bonds. The van der Waals surface area contributed by atoms with Crippen molar-refractivity contribution in [2.75, 3.05) is 7.05 Å². The number of oxazole rings is 1. The summed E-state index contributed by atoms with van der Waals surface area (Å²) in [5, 5.41) is 1.94. The average molecular weight is 334 g/mol. The van der Waals surface area contributed by atoms with Crippen LogP contribution in [0.3, 0.4) is 0 Å². The molecule has 5 nitrogen and oxygen atoms in total. The zero-order chi connectivity index (χ0) is 15.6. The van der Waals surface area contributed by atoms with E-state index in [4.69, 9.17) is 4.42 Å². The molecule has 0 bridgehead atoms. The molecule has 0 saturated heterocycles. The molecule has 22 heavy (non-hydrogen) atoms. The minimum atomic E-state index is -3.53. The lowest BCUT2D eigenvalue weighted by Crippen LogP contribution is -2.26. The first kappa shape index (κ1) is 15.0. The van der Waals surface area contributed by atoms with E-state index in [1.165, 1.54) is 29.0 Å². The number of thiophene rings is 1. The zero-order valence-corrected chi connectivity index (χ0v) is 13.5. The second kappa shape index (κ2) is 6.04. The third kappa shape index (κ3) is 2.96. The molecule has 0 spiro atoms. The summed E-state index contributed by atoms with van der Waals surface area (Å²) in [6.45, 7) is 0.159. The second-order valence-corrected chi connectivity index (χ2v) is 7.69. The molecule has 0 aliphatic rings. The Morgan fingerprint density at radius 2 is 1.95 bits per heavy atom. The predicted molar refractivity (Wildman–Crippen MR) is 84.9 cm³/mol. The van der Waals surface area contributed by atoms with Crippen LogP contribution in [-0.2, 0) is 16.6 Å². The van der Waals surface area contributed by atoms with E-state index in [0.29, 0.717) is 11.6 Å². The minimum absolute atomic E-state index is 0.159. The Hall–Kier alpha value is -1.96. The van der Waals surface area contributed by atoms with E-state index in [1.807, 2.05) is 17.5 Å². The lowest BCUT2D eigenvalue weighted by atomic mass is 10.4. The molecule has 0 aliphatic carbocycles. The fourth-order valence-electron chi connectivity index (χ4n) is 1.98. The molecule has 0 aliphatic heterocycles. The zero-order valence-electron chi connectivity index (χ0n) is 11.8. The molecule has 0 fully saturated rings. The Labute approximate surface area is 132 Å². The van der Waals surface area contributed by atoms with Crippen LogP contribution in [-0.4, -0.2) is 24.8 Å². The summed E-state index contributed by atoms with van der Waals surface area (Å²) in [5.41, 5.74) is 0.574. The summed E-state index contributed by atoms with van der Waals surface area (Å²) < 4.78 is 31.6. The van der Waals surface area contributed by atoms with Gasteiger partial charge in [-0.3, -0.25) is 0 Å². The van der Waals surface area contributed by atoms with Crippen molar-refractivity contribution in [3.05, 3.63) is 59.8 Å². The second-order valence-electron chi connectivity index (χ2n) is 4.70. The Balaban J connectivity index is 1.79. The standard InChI is InChI=1S/C15H14N2O3S2/c1-17(22(18,19)13-6-3-2-4-7-13)10-12-11-20-15(16-12)14-8-5-9-21-14/h2-9,11H,10H2,1H3. The van der Waals surface area contributed by atoms with Gasteiger partial charge in [0.1, 0.15) is 6.26 Å². The molecule has 7 heteroatoms. The molecule has 0 radical (unpaired) electrons. The summed E-state index contributed by atoms with van der Waals surface area (Å²) in [6, 6.07) is 12.2. The third-order valence-electron chi connectivity index (χ3n) is 3.12. The van der Waals surface area contributed by atoms with Gasteiger partial charge in [-0.1, -0.05) is 24.3 Å². The maximum Gasteiger partial charge on any atom is 0.243 e. The number of benzene rings is 1. The number of aromatic nitrogens is 1. The first-order chi connectivity index (χ1) is 10.6. The Bertz CT molecular complexity index is 840. The normalized spacial score (nSPS) is 11.9. The Kier molecular flexibility index (Phi) is 4.10.